The largest absolute Gasteiger partial charge is 0.312 e. The first kappa shape index (κ1) is 17.0. The highest BCUT2D eigenvalue weighted by atomic mass is 15.2. The lowest BCUT2D eigenvalue weighted by molar-refractivity contribution is 0.0502. The molecule has 2 heteroatoms. The summed E-state index contributed by atoms with van der Waals surface area (Å²) >= 11 is 0. The third kappa shape index (κ3) is 3.95. The van der Waals surface area contributed by atoms with Crippen molar-refractivity contribution in [2.75, 3.05) is 13.1 Å². The molecule has 1 rings (SSSR count). The predicted octanol–water partition coefficient (Wildman–Crippen LogP) is 3.62. The van der Waals surface area contributed by atoms with Crippen LogP contribution in [0.3, 0.4) is 0 Å². The van der Waals surface area contributed by atoms with Gasteiger partial charge in [0.05, 0.1) is 0 Å². The first-order valence-corrected chi connectivity index (χ1v) is 8.26. The molecule has 0 bridgehead atoms. The highest BCUT2D eigenvalue weighted by molar-refractivity contribution is 4.96. The maximum absolute atomic E-state index is 3.84. The van der Waals surface area contributed by atoms with Gasteiger partial charge in [0.1, 0.15) is 0 Å². The van der Waals surface area contributed by atoms with Crippen LogP contribution >= 0.6 is 0 Å². The van der Waals surface area contributed by atoms with Gasteiger partial charge in [0.25, 0.3) is 0 Å². The molecular weight excluding hydrogens is 232 g/mol. The third-order valence-corrected chi connectivity index (χ3v) is 4.78. The molecule has 0 aromatic heterocycles. The minimum absolute atomic E-state index is 0.640. The molecule has 3 unspecified atom stereocenters. The van der Waals surface area contributed by atoms with E-state index in [1.165, 1.54) is 6.54 Å². The normalized spacial score (nSPS) is 30.6. The Hall–Kier alpha value is -0.0800. The standard InChI is InChI=1S/C17H36N2/c1-11(2)15-16(12(3)4)18-9-10-19(14(7)8)17(15)13(5)6/h11-18H,9-10H2,1-8H3. The van der Waals surface area contributed by atoms with E-state index in [-0.39, 0.29) is 0 Å². The number of hydrogen-bond acceptors (Lipinski definition) is 2. The monoisotopic (exact) mass is 268 g/mol. The van der Waals surface area contributed by atoms with Crippen LogP contribution in [0.15, 0.2) is 0 Å². The van der Waals surface area contributed by atoms with E-state index in [1.54, 1.807) is 0 Å². The molecule has 0 spiro atoms. The average Bonchev–Trinajstić information content (AvgIpc) is 2.47. The van der Waals surface area contributed by atoms with E-state index in [9.17, 15) is 0 Å². The van der Waals surface area contributed by atoms with Crippen molar-refractivity contribution in [1.82, 2.24) is 10.2 Å². The molecule has 0 aliphatic carbocycles. The molecular formula is C17H36N2. The lowest BCUT2D eigenvalue weighted by atomic mass is 9.74. The van der Waals surface area contributed by atoms with E-state index in [1.807, 2.05) is 0 Å². The van der Waals surface area contributed by atoms with Crippen molar-refractivity contribution >= 4 is 0 Å². The van der Waals surface area contributed by atoms with Crippen LogP contribution < -0.4 is 5.32 Å². The van der Waals surface area contributed by atoms with Crippen molar-refractivity contribution in [3.8, 4) is 0 Å². The third-order valence-electron chi connectivity index (χ3n) is 4.78. The molecule has 0 aromatic carbocycles. The second-order valence-electron chi connectivity index (χ2n) is 7.61. The molecule has 19 heavy (non-hydrogen) atoms. The molecule has 1 aliphatic rings. The van der Waals surface area contributed by atoms with Gasteiger partial charge in [-0.1, -0.05) is 41.5 Å². The van der Waals surface area contributed by atoms with E-state index in [2.05, 4.69) is 65.6 Å². The topological polar surface area (TPSA) is 15.3 Å². The van der Waals surface area contributed by atoms with Crippen LogP contribution in [0.2, 0.25) is 0 Å². The minimum atomic E-state index is 0.640. The Morgan fingerprint density at radius 2 is 1.42 bits per heavy atom. The van der Waals surface area contributed by atoms with E-state index in [4.69, 9.17) is 0 Å². The maximum Gasteiger partial charge on any atom is 0.0167 e. The van der Waals surface area contributed by atoms with Crippen molar-refractivity contribution in [2.24, 2.45) is 23.7 Å². The lowest BCUT2D eigenvalue weighted by Gasteiger charge is -2.45. The molecule has 1 saturated heterocycles. The van der Waals surface area contributed by atoms with Crippen LogP contribution in [0.1, 0.15) is 55.4 Å². The molecule has 1 fully saturated rings. The Morgan fingerprint density at radius 3 is 1.79 bits per heavy atom. The molecule has 2 nitrogen and oxygen atoms in total. The van der Waals surface area contributed by atoms with Gasteiger partial charge in [0, 0.05) is 31.2 Å². The fourth-order valence-electron chi connectivity index (χ4n) is 4.00. The van der Waals surface area contributed by atoms with Gasteiger partial charge in [-0.3, -0.25) is 4.90 Å². The smallest absolute Gasteiger partial charge is 0.0167 e. The molecule has 1 N–H and O–H groups in total. The summed E-state index contributed by atoms with van der Waals surface area (Å²) in [6, 6.07) is 1.99. The Bertz CT molecular complexity index is 232. The van der Waals surface area contributed by atoms with Crippen LogP contribution in [0.25, 0.3) is 0 Å². The Morgan fingerprint density at radius 1 is 0.842 bits per heavy atom. The summed E-state index contributed by atoms with van der Waals surface area (Å²) in [5.41, 5.74) is 0. The molecule has 114 valence electrons. The van der Waals surface area contributed by atoms with Gasteiger partial charge in [0.15, 0.2) is 0 Å². The van der Waals surface area contributed by atoms with Gasteiger partial charge < -0.3 is 5.32 Å². The predicted molar refractivity (Wildman–Crippen MR) is 85.4 cm³/mol. The van der Waals surface area contributed by atoms with Gasteiger partial charge in [-0.15, -0.1) is 0 Å². The quantitative estimate of drug-likeness (QED) is 0.838. The summed E-state index contributed by atoms with van der Waals surface area (Å²) in [5, 5.41) is 3.84. The van der Waals surface area contributed by atoms with Crippen LogP contribution in [0.4, 0.5) is 0 Å². The summed E-state index contributed by atoms with van der Waals surface area (Å²) in [5.74, 6) is 2.90. The first-order valence-electron chi connectivity index (χ1n) is 8.26. The van der Waals surface area contributed by atoms with Crippen LogP contribution in [0, 0.1) is 23.7 Å². The number of rotatable bonds is 4. The molecule has 0 aromatic rings. The fraction of sp³-hybridized carbons (Fsp3) is 1.00. The second kappa shape index (κ2) is 7.08. The molecule has 1 heterocycles. The molecule has 3 atom stereocenters. The first-order chi connectivity index (χ1) is 8.77. The summed E-state index contributed by atoms with van der Waals surface area (Å²) in [4.78, 5) is 2.74. The van der Waals surface area contributed by atoms with E-state index in [0.717, 1.165) is 24.3 Å². The molecule has 0 amide bonds. The summed E-state index contributed by atoms with van der Waals surface area (Å²) in [6.07, 6.45) is 0. The number of hydrogen-bond donors (Lipinski definition) is 1. The van der Waals surface area contributed by atoms with Gasteiger partial charge >= 0.3 is 0 Å². The summed E-state index contributed by atoms with van der Waals surface area (Å²) in [6.45, 7) is 21.4. The van der Waals surface area contributed by atoms with Crippen molar-refractivity contribution < 1.29 is 0 Å². The van der Waals surface area contributed by atoms with Crippen LogP contribution in [-0.2, 0) is 0 Å². The second-order valence-corrected chi connectivity index (χ2v) is 7.61. The highest BCUT2D eigenvalue weighted by Gasteiger charge is 2.40. The molecule has 0 saturated carbocycles. The van der Waals surface area contributed by atoms with Crippen LogP contribution in [0.5, 0.6) is 0 Å². The SMILES string of the molecule is CC(C)C1NCCN(C(C)C)C(C(C)C)C1C(C)C. The van der Waals surface area contributed by atoms with Crippen molar-refractivity contribution in [1.29, 1.82) is 0 Å². The van der Waals surface area contributed by atoms with Crippen molar-refractivity contribution in [3.05, 3.63) is 0 Å². The summed E-state index contributed by atoms with van der Waals surface area (Å²) in [7, 11) is 0. The van der Waals surface area contributed by atoms with E-state index < -0.39 is 0 Å². The van der Waals surface area contributed by atoms with Gasteiger partial charge in [-0.2, -0.15) is 0 Å². The molecule has 0 radical (unpaired) electrons. The van der Waals surface area contributed by atoms with Crippen LogP contribution in [-0.4, -0.2) is 36.1 Å². The lowest BCUT2D eigenvalue weighted by Crippen LogP contribution is -2.52. The zero-order valence-electron chi connectivity index (χ0n) is 14.4. The zero-order valence-corrected chi connectivity index (χ0v) is 14.4. The Balaban J connectivity index is 3.12. The van der Waals surface area contributed by atoms with Gasteiger partial charge in [-0.05, 0) is 37.5 Å². The minimum Gasteiger partial charge on any atom is -0.312 e. The van der Waals surface area contributed by atoms with E-state index >= 15 is 0 Å². The Kier molecular flexibility index (Phi) is 6.32. The van der Waals surface area contributed by atoms with Crippen molar-refractivity contribution in [2.45, 2.75) is 73.5 Å². The number of nitrogens with one attached hydrogen (secondary N) is 1. The average molecular weight is 268 g/mol. The summed E-state index contributed by atoms with van der Waals surface area (Å²) < 4.78 is 0. The van der Waals surface area contributed by atoms with Gasteiger partial charge in [0.2, 0.25) is 0 Å². The zero-order chi connectivity index (χ0) is 14.7. The Labute approximate surface area is 121 Å². The highest BCUT2D eigenvalue weighted by Crippen LogP contribution is 2.34. The van der Waals surface area contributed by atoms with Crippen molar-refractivity contribution in [3.63, 3.8) is 0 Å². The maximum atomic E-state index is 3.84. The molecule has 1 aliphatic heterocycles. The van der Waals surface area contributed by atoms with E-state index in [0.29, 0.717) is 24.0 Å². The van der Waals surface area contributed by atoms with Gasteiger partial charge in [-0.25, -0.2) is 0 Å². The fourth-order valence-corrected chi connectivity index (χ4v) is 4.00. The number of nitrogens with zero attached hydrogens (tertiary/aromatic N) is 1.